The van der Waals surface area contributed by atoms with Crippen molar-refractivity contribution in [3.63, 3.8) is 0 Å². The quantitative estimate of drug-likeness (QED) is 0.708. The number of hydrogen-bond acceptors (Lipinski definition) is 4. The van der Waals surface area contributed by atoms with Crippen molar-refractivity contribution in [1.82, 2.24) is 9.80 Å². The Morgan fingerprint density at radius 3 is 2.47 bits per heavy atom. The first-order chi connectivity index (χ1) is 14.5. The summed E-state index contributed by atoms with van der Waals surface area (Å²) in [4.78, 5) is 29.3. The number of carbonyl (C=O) groups is 2. The molecular formula is C23H29ClN4O2. The topological polar surface area (TPSA) is 64.7 Å². The molecule has 1 heterocycles. The Kier molecular flexibility index (Phi) is 7.85. The predicted octanol–water partition coefficient (Wildman–Crippen LogP) is 3.49. The molecule has 1 fully saturated rings. The second kappa shape index (κ2) is 10.6. The van der Waals surface area contributed by atoms with E-state index >= 15 is 0 Å². The zero-order valence-electron chi connectivity index (χ0n) is 17.5. The number of carbonyl (C=O) groups excluding carboxylic acids is 2. The van der Waals surface area contributed by atoms with Crippen LogP contribution in [0.5, 0.6) is 0 Å². The van der Waals surface area contributed by atoms with Crippen LogP contribution in [0, 0.1) is 0 Å². The fourth-order valence-corrected chi connectivity index (χ4v) is 3.82. The maximum absolute atomic E-state index is 12.6. The molecule has 0 aliphatic carbocycles. The fourth-order valence-electron chi connectivity index (χ4n) is 3.63. The number of anilines is 2. The van der Waals surface area contributed by atoms with Crippen LogP contribution in [0.3, 0.4) is 0 Å². The predicted molar refractivity (Wildman–Crippen MR) is 122 cm³/mol. The number of nitrogens with one attached hydrogen (secondary N) is 2. The number of nitrogens with zero attached hydrogens (tertiary/aromatic N) is 2. The minimum Gasteiger partial charge on any atom is -0.325 e. The number of aryl methyl sites for hydroxylation is 1. The fraction of sp³-hybridized carbons (Fsp3) is 0.391. The van der Waals surface area contributed by atoms with E-state index in [4.69, 9.17) is 11.6 Å². The van der Waals surface area contributed by atoms with Crippen LogP contribution in [0.15, 0.2) is 48.5 Å². The highest BCUT2D eigenvalue weighted by atomic mass is 35.5. The van der Waals surface area contributed by atoms with Crippen molar-refractivity contribution in [3.8, 4) is 0 Å². The van der Waals surface area contributed by atoms with Crippen LogP contribution in [-0.2, 0) is 16.0 Å². The van der Waals surface area contributed by atoms with Crippen molar-refractivity contribution in [2.24, 2.45) is 0 Å². The van der Waals surface area contributed by atoms with Gasteiger partial charge in [-0.1, -0.05) is 42.8 Å². The smallest absolute Gasteiger partial charge is 0.241 e. The van der Waals surface area contributed by atoms with Crippen LogP contribution in [0.1, 0.15) is 19.4 Å². The van der Waals surface area contributed by atoms with Crippen molar-refractivity contribution in [2.45, 2.75) is 26.3 Å². The lowest BCUT2D eigenvalue weighted by molar-refractivity contribution is -0.122. The normalized spacial score (nSPS) is 16.1. The molecule has 1 aliphatic heterocycles. The number of benzene rings is 2. The van der Waals surface area contributed by atoms with Gasteiger partial charge in [-0.3, -0.25) is 19.4 Å². The number of hydrogen-bond donors (Lipinski definition) is 2. The highest BCUT2D eigenvalue weighted by Crippen LogP contribution is 2.17. The van der Waals surface area contributed by atoms with Gasteiger partial charge < -0.3 is 10.6 Å². The molecule has 2 aromatic rings. The van der Waals surface area contributed by atoms with Gasteiger partial charge in [-0.25, -0.2) is 0 Å². The van der Waals surface area contributed by atoms with Gasteiger partial charge in [0.1, 0.15) is 0 Å². The van der Waals surface area contributed by atoms with Gasteiger partial charge in [0, 0.05) is 42.6 Å². The molecule has 0 bridgehead atoms. The molecule has 0 unspecified atom stereocenters. The summed E-state index contributed by atoms with van der Waals surface area (Å²) in [5.74, 6) is -0.0595. The maximum Gasteiger partial charge on any atom is 0.241 e. The molecule has 2 aromatic carbocycles. The Labute approximate surface area is 183 Å². The molecule has 7 heteroatoms. The summed E-state index contributed by atoms with van der Waals surface area (Å²) in [6.07, 6.45) is 0.879. The summed E-state index contributed by atoms with van der Waals surface area (Å²) < 4.78 is 0. The third-order valence-corrected chi connectivity index (χ3v) is 5.70. The van der Waals surface area contributed by atoms with E-state index in [1.54, 1.807) is 12.1 Å². The summed E-state index contributed by atoms with van der Waals surface area (Å²) in [5.41, 5.74) is 2.71. The first-order valence-corrected chi connectivity index (χ1v) is 10.7. The van der Waals surface area contributed by atoms with Gasteiger partial charge in [-0.2, -0.15) is 0 Å². The second-order valence-corrected chi connectivity index (χ2v) is 7.98. The molecule has 2 amide bonds. The van der Waals surface area contributed by atoms with Crippen LogP contribution in [0.4, 0.5) is 11.4 Å². The van der Waals surface area contributed by atoms with E-state index in [9.17, 15) is 9.59 Å². The standard InChI is InChI=1S/C23H29ClN4O2/c1-3-18-7-4-5-10-21(18)26-22(29)16-27-11-13-28(14-12-27)17(2)23(30)25-20-9-6-8-19(24)15-20/h4-10,15,17H,3,11-14,16H2,1-2H3,(H,25,30)(H,26,29)/t17-/m1/s1. The molecule has 0 saturated carbocycles. The molecule has 0 radical (unpaired) electrons. The molecule has 1 aliphatic rings. The zero-order chi connectivity index (χ0) is 21.5. The summed E-state index contributed by atoms with van der Waals surface area (Å²) in [6.45, 7) is 7.31. The lowest BCUT2D eigenvalue weighted by Gasteiger charge is -2.37. The Bertz CT molecular complexity index is 881. The van der Waals surface area contributed by atoms with Crippen LogP contribution in [0.2, 0.25) is 5.02 Å². The summed E-state index contributed by atoms with van der Waals surface area (Å²) >= 11 is 5.98. The molecule has 3 rings (SSSR count). The molecular weight excluding hydrogens is 400 g/mol. The minimum atomic E-state index is -0.253. The van der Waals surface area contributed by atoms with Crippen molar-refractivity contribution >= 4 is 34.8 Å². The molecule has 0 spiro atoms. The van der Waals surface area contributed by atoms with Crippen LogP contribution >= 0.6 is 11.6 Å². The van der Waals surface area contributed by atoms with Crippen LogP contribution in [-0.4, -0.2) is 60.4 Å². The molecule has 2 N–H and O–H groups in total. The lowest BCUT2D eigenvalue weighted by atomic mass is 10.1. The summed E-state index contributed by atoms with van der Waals surface area (Å²) in [5, 5.41) is 6.53. The average Bonchev–Trinajstić information content (AvgIpc) is 2.74. The first kappa shape index (κ1) is 22.3. The molecule has 1 atom stereocenters. The molecule has 0 aromatic heterocycles. The lowest BCUT2D eigenvalue weighted by Crippen LogP contribution is -2.53. The van der Waals surface area contributed by atoms with E-state index in [1.807, 2.05) is 43.3 Å². The Hall–Kier alpha value is -2.41. The highest BCUT2D eigenvalue weighted by molar-refractivity contribution is 6.30. The SMILES string of the molecule is CCc1ccccc1NC(=O)CN1CCN([C@H](C)C(=O)Nc2cccc(Cl)c2)CC1. The molecule has 160 valence electrons. The van der Waals surface area contributed by atoms with E-state index in [-0.39, 0.29) is 17.9 Å². The molecule has 1 saturated heterocycles. The Balaban J connectivity index is 1.45. The zero-order valence-corrected chi connectivity index (χ0v) is 18.3. The summed E-state index contributed by atoms with van der Waals surface area (Å²) in [7, 11) is 0. The van der Waals surface area contributed by atoms with E-state index < -0.39 is 0 Å². The van der Waals surface area contributed by atoms with Crippen molar-refractivity contribution in [3.05, 3.63) is 59.1 Å². The van der Waals surface area contributed by atoms with Crippen LogP contribution in [0.25, 0.3) is 0 Å². The van der Waals surface area contributed by atoms with Crippen molar-refractivity contribution in [1.29, 1.82) is 0 Å². The van der Waals surface area contributed by atoms with Gasteiger partial charge in [0.15, 0.2) is 0 Å². The average molecular weight is 429 g/mol. The van der Waals surface area contributed by atoms with E-state index in [2.05, 4.69) is 27.4 Å². The second-order valence-electron chi connectivity index (χ2n) is 7.55. The van der Waals surface area contributed by atoms with E-state index in [0.29, 0.717) is 17.3 Å². The van der Waals surface area contributed by atoms with Gasteiger partial charge in [0.2, 0.25) is 11.8 Å². The third kappa shape index (κ3) is 6.05. The Morgan fingerprint density at radius 1 is 1.03 bits per heavy atom. The largest absolute Gasteiger partial charge is 0.325 e. The van der Waals surface area contributed by atoms with Gasteiger partial charge in [0.25, 0.3) is 0 Å². The number of halogens is 1. The van der Waals surface area contributed by atoms with E-state index in [0.717, 1.165) is 43.9 Å². The third-order valence-electron chi connectivity index (χ3n) is 5.47. The van der Waals surface area contributed by atoms with Gasteiger partial charge in [0.05, 0.1) is 12.6 Å². The monoisotopic (exact) mass is 428 g/mol. The van der Waals surface area contributed by atoms with Gasteiger partial charge in [-0.15, -0.1) is 0 Å². The molecule has 6 nitrogen and oxygen atoms in total. The number of piperazine rings is 1. The van der Waals surface area contributed by atoms with Crippen molar-refractivity contribution in [2.75, 3.05) is 43.4 Å². The highest BCUT2D eigenvalue weighted by Gasteiger charge is 2.26. The number of para-hydroxylation sites is 1. The summed E-state index contributed by atoms with van der Waals surface area (Å²) in [6, 6.07) is 14.8. The van der Waals surface area contributed by atoms with Gasteiger partial charge >= 0.3 is 0 Å². The van der Waals surface area contributed by atoms with Gasteiger partial charge in [-0.05, 0) is 43.2 Å². The van der Waals surface area contributed by atoms with Crippen LogP contribution < -0.4 is 10.6 Å². The van der Waals surface area contributed by atoms with Crippen molar-refractivity contribution < 1.29 is 9.59 Å². The van der Waals surface area contributed by atoms with E-state index in [1.165, 1.54) is 0 Å². The number of amides is 2. The molecule has 30 heavy (non-hydrogen) atoms. The maximum atomic E-state index is 12.6. The first-order valence-electron chi connectivity index (χ1n) is 10.4. The Morgan fingerprint density at radius 2 is 1.77 bits per heavy atom. The minimum absolute atomic E-state index is 0.00361. The number of rotatable bonds is 7.